The Kier molecular flexibility index (Phi) is 2.37. The topological polar surface area (TPSA) is 26.3 Å². The Morgan fingerprint density at radius 1 is 1.25 bits per heavy atom. The first kappa shape index (κ1) is 12.1. The largest absolute Gasteiger partial charge is 0.354 e. The molecule has 0 saturated carbocycles. The molecule has 20 heavy (non-hydrogen) atoms. The Morgan fingerprint density at radius 2 is 2.05 bits per heavy atom. The molecule has 2 nitrogen and oxygen atoms in total. The van der Waals surface area contributed by atoms with Gasteiger partial charge in [0.25, 0.3) is 0 Å². The zero-order valence-electron chi connectivity index (χ0n) is 11.8. The van der Waals surface area contributed by atoms with E-state index in [1.54, 1.807) is 12.2 Å². The molecule has 1 aliphatic carbocycles. The average Bonchev–Trinajstić information content (AvgIpc) is 2.73. The first-order valence-electron chi connectivity index (χ1n) is 7.33. The molecule has 0 radical (unpaired) electrons. The van der Waals surface area contributed by atoms with Gasteiger partial charge in [0.2, 0.25) is 0 Å². The van der Waals surface area contributed by atoms with Gasteiger partial charge >= 0.3 is 0 Å². The van der Waals surface area contributed by atoms with E-state index < -0.39 is 5.60 Å². The van der Waals surface area contributed by atoms with Gasteiger partial charge in [-0.15, -0.1) is 0 Å². The molecule has 2 aliphatic heterocycles. The van der Waals surface area contributed by atoms with Crippen LogP contribution in [0.15, 0.2) is 48.1 Å². The fourth-order valence-corrected chi connectivity index (χ4v) is 3.85. The van der Waals surface area contributed by atoms with Crippen molar-refractivity contribution in [2.45, 2.75) is 32.0 Å². The molecule has 2 heteroatoms. The summed E-state index contributed by atoms with van der Waals surface area (Å²) in [6, 6.07) is 8.45. The van der Waals surface area contributed by atoms with Crippen LogP contribution < -0.4 is 0 Å². The lowest BCUT2D eigenvalue weighted by molar-refractivity contribution is -0.111. The van der Waals surface area contributed by atoms with Crippen LogP contribution in [0.25, 0.3) is 0 Å². The first-order chi connectivity index (χ1) is 9.62. The molecule has 2 bridgehead atoms. The Labute approximate surface area is 119 Å². The van der Waals surface area contributed by atoms with Crippen molar-refractivity contribution in [2.24, 2.45) is 11.8 Å². The van der Waals surface area contributed by atoms with E-state index in [9.17, 15) is 4.79 Å². The summed E-state index contributed by atoms with van der Waals surface area (Å²) >= 11 is 0. The molecule has 1 spiro atoms. The van der Waals surface area contributed by atoms with E-state index in [0.717, 1.165) is 12.0 Å². The van der Waals surface area contributed by atoms with Crippen molar-refractivity contribution in [2.75, 3.05) is 0 Å². The van der Waals surface area contributed by atoms with Crippen LogP contribution in [0.4, 0.5) is 0 Å². The third-order valence-corrected chi connectivity index (χ3v) is 5.17. The van der Waals surface area contributed by atoms with Crippen molar-refractivity contribution in [3.8, 4) is 0 Å². The number of hydrogen-bond acceptors (Lipinski definition) is 2. The van der Waals surface area contributed by atoms with E-state index in [4.69, 9.17) is 4.74 Å². The predicted octanol–water partition coefficient (Wildman–Crippen LogP) is 3.69. The van der Waals surface area contributed by atoms with Gasteiger partial charge in [-0.2, -0.15) is 0 Å². The molecule has 1 aromatic carbocycles. The van der Waals surface area contributed by atoms with Crippen molar-refractivity contribution >= 4 is 5.78 Å². The Hall–Kier alpha value is -1.67. The Bertz CT molecular complexity index is 655. The van der Waals surface area contributed by atoms with Crippen molar-refractivity contribution in [3.63, 3.8) is 0 Å². The van der Waals surface area contributed by atoms with Crippen molar-refractivity contribution in [1.82, 2.24) is 0 Å². The molecular weight excluding hydrogens is 248 g/mol. The van der Waals surface area contributed by atoms with Gasteiger partial charge in [-0.25, -0.2) is 0 Å². The van der Waals surface area contributed by atoms with Gasteiger partial charge in [-0.3, -0.25) is 4.79 Å². The number of carbonyl (C=O) groups is 1. The summed E-state index contributed by atoms with van der Waals surface area (Å²) in [7, 11) is 0. The lowest BCUT2D eigenvalue weighted by Gasteiger charge is -2.31. The molecule has 0 N–H and O–H groups in total. The smallest absolute Gasteiger partial charge is 0.178 e. The summed E-state index contributed by atoms with van der Waals surface area (Å²) in [5.41, 5.74) is 3.14. The fraction of sp³-hybridized carbons (Fsp3) is 0.389. The molecule has 0 aromatic heterocycles. The maximum Gasteiger partial charge on any atom is 0.178 e. The summed E-state index contributed by atoms with van der Waals surface area (Å²) in [5.74, 6) is 1.04. The number of benzene rings is 1. The summed E-state index contributed by atoms with van der Waals surface area (Å²) in [6.07, 6.45) is 6.47. The number of hydrogen-bond donors (Lipinski definition) is 0. The maximum atomic E-state index is 11.8. The number of fused-ring (bicyclic) bond motifs is 3. The third-order valence-electron chi connectivity index (χ3n) is 5.17. The highest BCUT2D eigenvalue weighted by Gasteiger charge is 2.51. The van der Waals surface area contributed by atoms with Gasteiger partial charge in [-0.1, -0.05) is 38.1 Å². The maximum absolute atomic E-state index is 11.8. The van der Waals surface area contributed by atoms with Crippen LogP contribution in [0.3, 0.4) is 0 Å². The summed E-state index contributed by atoms with van der Waals surface area (Å²) in [5, 5.41) is 0. The Balaban J connectivity index is 2.00. The molecular formula is C18H18O2. The van der Waals surface area contributed by atoms with Crippen LogP contribution >= 0.6 is 0 Å². The minimum absolute atomic E-state index is 0.0805. The highest BCUT2D eigenvalue weighted by molar-refractivity contribution is 6.01. The van der Waals surface area contributed by atoms with Crippen LogP contribution in [0, 0.1) is 11.8 Å². The monoisotopic (exact) mass is 266 g/mol. The quantitative estimate of drug-likeness (QED) is 0.715. The van der Waals surface area contributed by atoms with Gasteiger partial charge in [0.15, 0.2) is 5.78 Å². The molecule has 4 atom stereocenters. The van der Waals surface area contributed by atoms with Gasteiger partial charge in [0.05, 0.1) is 6.10 Å². The lowest BCUT2D eigenvalue weighted by Crippen LogP contribution is -2.28. The number of carbonyl (C=O) groups excluding carboxylic acids is 1. The Morgan fingerprint density at radius 3 is 2.90 bits per heavy atom. The third kappa shape index (κ3) is 1.40. The van der Waals surface area contributed by atoms with E-state index in [0.29, 0.717) is 11.8 Å². The van der Waals surface area contributed by atoms with Gasteiger partial charge < -0.3 is 4.74 Å². The van der Waals surface area contributed by atoms with E-state index in [1.165, 1.54) is 11.1 Å². The van der Waals surface area contributed by atoms with Crippen LogP contribution in [0.2, 0.25) is 0 Å². The van der Waals surface area contributed by atoms with Crippen LogP contribution in [0.1, 0.15) is 37.5 Å². The van der Waals surface area contributed by atoms with Crippen LogP contribution in [-0.4, -0.2) is 5.78 Å². The molecule has 0 unspecified atom stereocenters. The van der Waals surface area contributed by atoms with Crippen molar-refractivity contribution < 1.29 is 9.53 Å². The van der Waals surface area contributed by atoms with Gasteiger partial charge in [0.1, 0.15) is 5.60 Å². The van der Waals surface area contributed by atoms with E-state index in [2.05, 4.69) is 38.1 Å². The van der Waals surface area contributed by atoms with E-state index in [-0.39, 0.29) is 11.9 Å². The van der Waals surface area contributed by atoms with Crippen molar-refractivity contribution in [3.05, 3.63) is 59.2 Å². The number of ketones is 1. The summed E-state index contributed by atoms with van der Waals surface area (Å²) in [6.45, 7) is 4.52. The average molecular weight is 266 g/mol. The van der Waals surface area contributed by atoms with Crippen LogP contribution in [-0.2, 0) is 15.1 Å². The molecule has 1 saturated heterocycles. The second kappa shape index (κ2) is 3.92. The number of ether oxygens (including phenoxy) is 1. The summed E-state index contributed by atoms with van der Waals surface area (Å²) < 4.78 is 6.51. The second-order valence-corrected chi connectivity index (χ2v) is 6.31. The zero-order valence-corrected chi connectivity index (χ0v) is 11.8. The van der Waals surface area contributed by atoms with Crippen molar-refractivity contribution in [1.29, 1.82) is 0 Å². The fourth-order valence-electron chi connectivity index (χ4n) is 3.85. The zero-order chi connectivity index (χ0) is 13.9. The van der Waals surface area contributed by atoms with E-state index >= 15 is 0 Å². The van der Waals surface area contributed by atoms with Crippen LogP contribution in [0.5, 0.6) is 0 Å². The highest BCUT2D eigenvalue weighted by atomic mass is 16.5. The SMILES string of the molecule is C[C@@H]1[C@H](C)CC2=CC(=O)C=C[C@]23O[C@H]1c1ccccc13. The molecule has 3 aliphatic rings. The molecule has 0 amide bonds. The molecule has 102 valence electrons. The molecule has 1 aromatic rings. The highest BCUT2D eigenvalue weighted by Crippen LogP contribution is 2.57. The number of allylic oxidation sites excluding steroid dienone is 2. The number of rotatable bonds is 0. The molecule has 4 rings (SSSR count). The molecule has 2 heterocycles. The predicted molar refractivity (Wildman–Crippen MR) is 77.1 cm³/mol. The van der Waals surface area contributed by atoms with Gasteiger partial charge in [0, 0.05) is 0 Å². The van der Waals surface area contributed by atoms with Gasteiger partial charge in [-0.05, 0) is 53.2 Å². The standard InChI is InChI=1S/C18H18O2/c1-11-9-13-10-14(19)7-8-18(13)16-6-4-3-5-15(16)17(20-18)12(11)2/h3-8,10-12,17H,9H2,1-2H3/t11-,12-,17-,18+/m1/s1. The second-order valence-electron chi connectivity index (χ2n) is 6.31. The molecule has 1 fully saturated rings. The minimum Gasteiger partial charge on any atom is -0.354 e. The first-order valence-corrected chi connectivity index (χ1v) is 7.33. The lowest BCUT2D eigenvalue weighted by atomic mass is 9.73. The van der Waals surface area contributed by atoms with E-state index in [1.807, 2.05) is 6.08 Å². The normalized spacial score (nSPS) is 38.0. The summed E-state index contributed by atoms with van der Waals surface area (Å²) in [4.78, 5) is 11.8. The minimum atomic E-state index is -0.492.